The summed E-state index contributed by atoms with van der Waals surface area (Å²) >= 11 is 0. The van der Waals surface area contributed by atoms with Crippen molar-refractivity contribution in [2.24, 2.45) is 5.41 Å². The molecule has 4 aromatic rings. The fraction of sp³-hybridized carbons (Fsp3) is 0.324. The molecule has 0 bridgehead atoms. The van der Waals surface area contributed by atoms with Crippen LogP contribution in [0.1, 0.15) is 12.8 Å². The van der Waals surface area contributed by atoms with Crippen LogP contribution >= 0.6 is 0 Å². The molecule has 1 aliphatic carbocycles. The largest absolute Gasteiger partial charge is 0.493 e. The van der Waals surface area contributed by atoms with Gasteiger partial charge in [-0.2, -0.15) is 0 Å². The van der Waals surface area contributed by atoms with Crippen LogP contribution in [0.2, 0.25) is 0 Å². The molecule has 13 heteroatoms. The lowest BCUT2D eigenvalue weighted by molar-refractivity contribution is -0.131. The molecule has 1 saturated carbocycles. The van der Waals surface area contributed by atoms with E-state index in [1.807, 2.05) is 4.90 Å². The first-order valence-corrected chi connectivity index (χ1v) is 15.1. The Morgan fingerprint density at radius 3 is 2.30 bits per heavy atom. The fourth-order valence-electron chi connectivity index (χ4n) is 5.28. The predicted octanol–water partition coefficient (Wildman–Crippen LogP) is 5.72. The normalized spacial score (nSPS) is 16.3. The van der Waals surface area contributed by atoms with Crippen LogP contribution in [-0.4, -0.2) is 74.4 Å². The molecule has 2 fully saturated rings. The van der Waals surface area contributed by atoms with E-state index in [1.54, 1.807) is 18.2 Å². The number of nitrogens with zero attached hydrogens (tertiary/aromatic N) is 2. The molecule has 1 saturated heterocycles. The summed E-state index contributed by atoms with van der Waals surface area (Å²) in [6.45, 7) is 2.55. The summed E-state index contributed by atoms with van der Waals surface area (Å²) in [5, 5.41) is 5.75. The number of carbonyl (C=O) groups is 2. The average Bonchev–Trinajstić information content (AvgIpc) is 3.89. The molecule has 0 radical (unpaired) electrons. The van der Waals surface area contributed by atoms with Gasteiger partial charge in [0.25, 0.3) is 0 Å². The summed E-state index contributed by atoms with van der Waals surface area (Å²) in [5.41, 5.74) is -0.338. The molecule has 2 aliphatic rings. The summed E-state index contributed by atoms with van der Waals surface area (Å²) in [6, 6.07) is 13.9. The maximum atomic E-state index is 15.2. The van der Waals surface area contributed by atoms with Gasteiger partial charge in [-0.3, -0.25) is 19.5 Å². The molecule has 10 nitrogen and oxygen atoms in total. The Balaban J connectivity index is 1.11. The van der Waals surface area contributed by atoms with Crippen molar-refractivity contribution >= 4 is 34.1 Å². The van der Waals surface area contributed by atoms with Crippen molar-refractivity contribution < 1.29 is 41.7 Å². The first-order valence-electron chi connectivity index (χ1n) is 15.1. The summed E-state index contributed by atoms with van der Waals surface area (Å²) in [6.07, 6.45) is 0.913. The first kappa shape index (κ1) is 32.1. The van der Waals surface area contributed by atoms with E-state index in [0.717, 1.165) is 6.07 Å². The van der Waals surface area contributed by atoms with Crippen LogP contribution in [0.4, 0.5) is 24.5 Å². The van der Waals surface area contributed by atoms with Crippen molar-refractivity contribution in [3.8, 4) is 23.0 Å². The number of rotatable bonds is 12. The number of morpholine rings is 1. The van der Waals surface area contributed by atoms with Gasteiger partial charge in [-0.05, 0) is 61.4 Å². The zero-order chi connectivity index (χ0) is 33.0. The molecule has 1 unspecified atom stereocenters. The summed E-state index contributed by atoms with van der Waals surface area (Å²) in [7, 11) is 1.45. The Labute approximate surface area is 268 Å². The van der Waals surface area contributed by atoms with Crippen LogP contribution in [0, 0.1) is 17.0 Å². The third-order valence-electron chi connectivity index (χ3n) is 8.10. The second-order valence-electron chi connectivity index (χ2n) is 11.4. The van der Waals surface area contributed by atoms with Crippen molar-refractivity contribution in [2.45, 2.75) is 19.0 Å². The molecule has 2 heterocycles. The van der Waals surface area contributed by atoms with E-state index in [9.17, 15) is 18.4 Å². The Kier molecular flexibility index (Phi) is 9.45. The molecule has 3 aromatic carbocycles. The second-order valence-corrected chi connectivity index (χ2v) is 11.4. The van der Waals surface area contributed by atoms with Crippen molar-refractivity contribution in [1.82, 2.24) is 9.88 Å². The molecular formula is C34H33F3N4O6. The van der Waals surface area contributed by atoms with Gasteiger partial charge < -0.3 is 29.6 Å². The van der Waals surface area contributed by atoms with E-state index in [1.165, 1.54) is 49.7 Å². The number of fused-ring (bicyclic) bond motifs is 1. The van der Waals surface area contributed by atoms with Gasteiger partial charge in [0, 0.05) is 54.7 Å². The molecule has 246 valence electrons. The maximum absolute atomic E-state index is 15.2. The highest BCUT2D eigenvalue weighted by Gasteiger charge is 2.56. The Morgan fingerprint density at radius 2 is 1.62 bits per heavy atom. The number of nitrogens with one attached hydrogen (secondary N) is 2. The number of pyridine rings is 1. The minimum Gasteiger partial charge on any atom is -0.493 e. The molecule has 47 heavy (non-hydrogen) atoms. The Morgan fingerprint density at radius 1 is 0.915 bits per heavy atom. The smallest absolute Gasteiger partial charge is 0.240 e. The minimum atomic E-state index is -1.30. The SMILES string of the molecule is COc1cc2c(Oc3ccc(NC(=O)C4(C(=O)Nc5ccc(F)cc5)CC4)cc3F)ccnc2cc1OCC(F)CN1CCOCC1. The van der Waals surface area contributed by atoms with Crippen LogP contribution in [0.15, 0.2) is 66.9 Å². The number of aromatic nitrogens is 1. The van der Waals surface area contributed by atoms with E-state index in [4.69, 9.17) is 18.9 Å². The van der Waals surface area contributed by atoms with Gasteiger partial charge in [-0.25, -0.2) is 13.2 Å². The first-order chi connectivity index (χ1) is 22.7. The zero-order valence-electron chi connectivity index (χ0n) is 25.6. The second kappa shape index (κ2) is 13.9. The zero-order valence-corrected chi connectivity index (χ0v) is 25.6. The van der Waals surface area contributed by atoms with Crippen LogP contribution in [0.3, 0.4) is 0 Å². The third kappa shape index (κ3) is 7.42. The quantitative estimate of drug-likeness (QED) is 0.188. The lowest BCUT2D eigenvalue weighted by atomic mass is 10.0. The highest BCUT2D eigenvalue weighted by Crippen LogP contribution is 2.47. The number of hydrogen-bond acceptors (Lipinski definition) is 8. The van der Waals surface area contributed by atoms with Gasteiger partial charge in [-0.1, -0.05) is 0 Å². The number of alkyl halides is 1. The number of carbonyl (C=O) groups excluding carboxylic acids is 2. The highest BCUT2D eigenvalue weighted by atomic mass is 19.1. The number of anilines is 2. The highest BCUT2D eigenvalue weighted by molar-refractivity contribution is 6.16. The summed E-state index contributed by atoms with van der Waals surface area (Å²) in [5.74, 6) is -1.51. The van der Waals surface area contributed by atoms with Crippen LogP contribution in [0.25, 0.3) is 10.9 Å². The number of hydrogen-bond donors (Lipinski definition) is 2. The van der Waals surface area contributed by atoms with E-state index >= 15 is 4.39 Å². The number of methoxy groups -OCH3 is 1. The molecule has 2 N–H and O–H groups in total. The molecular weight excluding hydrogens is 617 g/mol. The lowest BCUT2D eigenvalue weighted by Crippen LogP contribution is -2.41. The minimum absolute atomic E-state index is 0.117. The summed E-state index contributed by atoms with van der Waals surface area (Å²) < 4.78 is 65.6. The third-order valence-corrected chi connectivity index (χ3v) is 8.10. The molecule has 1 aromatic heterocycles. The standard InChI is InChI=1S/C34H33F3N4O6/c1-44-30-17-25-27(18-31(30)46-20-22(36)19-41-12-14-45-15-13-41)38-11-8-28(25)47-29-7-6-24(16-26(29)37)40-33(43)34(9-10-34)32(42)39-23-4-2-21(35)3-5-23/h2-8,11,16-18,22H,9-10,12-15,19-20H2,1H3,(H,39,42)(H,40,43). The molecule has 0 spiro atoms. The molecule has 2 amide bonds. The van der Waals surface area contributed by atoms with Gasteiger partial charge in [-0.15, -0.1) is 0 Å². The van der Waals surface area contributed by atoms with E-state index in [-0.39, 0.29) is 30.3 Å². The number of benzene rings is 3. The Hall–Kier alpha value is -4.88. The average molecular weight is 651 g/mol. The topological polar surface area (TPSA) is 111 Å². The van der Waals surface area contributed by atoms with Gasteiger partial charge >= 0.3 is 0 Å². The van der Waals surface area contributed by atoms with E-state index in [2.05, 4.69) is 15.6 Å². The number of amides is 2. The van der Waals surface area contributed by atoms with E-state index < -0.39 is 35.0 Å². The predicted molar refractivity (Wildman–Crippen MR) is 168 cm³/mol. The Bertz CT molecular complexity index is 1760. The number of ether oxygens (including phenoxy) is 4. The molecule has 1 atom stereocenters. The fourth-order valence-corrected chi connectivity index (χ4v) is 5.28. The van der Waals surface area contributed by atoms with Gasteiger partial charge in [0.1, 0.15) is 29.8 Å². The van der Waals surface area contributed by atoms with Crippen LogP contribution in [-0.2, 0) is 14.3 Å². The van der Waals surface area contributed by atoms with E-state index in [0.29, 0.717) is 67.2 Å². The van der Waals surface area contributed by atoms with Crippen molar-refractivity contribution in [3.63, 3.8) is 0 Å². The van der Waals surface area contributed by atoms with Gasteiger partial charge in [0.05, 0.1) is 25.8 Å². The van der Waals surface area contributed by atoms with Gasteiger partial charge in [0.15, 0.2) is 23.1 Å². The molecule has 1 aliphatic heterocycles. The van der Waals surface area contributed by atoms with Crippen LogP contribution in [0.5, 0.6) is 23.0 Å². The van der Waals surface area contributed by atoms with Crippen molar-refractivity contribution in [3.05, 3.63) is 78.5 Å². The van der Waals surface area contributed by atoms with Crippen molar-refractivity contribution in [2.75, 3.05) is 57.2 Å². The van der Waals surface area contributed by atoms with Crippen molar-refractivity contribution in [1.29, 1.82) is 0 Å². The lowest BCUT2D eigenvalue weighted by Gasteiger charge is -2.27. The molecule has 6 rings (SSSR count). The maximum Gasteiger partial charge on any atom is 0.240 e. The monoisotopic (exact) mass is 650 g/mol. The summed E-state index contributed by atoms with van der Waals surface area (Å²) in [4.78, 5) is 32.2. The number of halogens is 3. The van der Waals surface area contributed by atoms with Crippen LogP contribution < -0.4 is 24.8 Å². The van der Waals surface area contributed by atoms with Gasteiger partial charge in [0.2, 0.25) is 11.8 Å².